The molecule has 4 nitrogen and oxygen atoms in total. The Hall–Kier alpha value is -1.06. The predicted octanol–water partition coefficient (Wildman–Crippen LogP) is 2.09. The fourth-order valence-electron chi connectivity index (χ4n) is 2.17. The van der Waals surface area contributed by atoms with Gasteiger partial charge in [0.25, 0.3) is 0 Å². The van der Waals surface area contributed by atoms with Gasteiger partial charge in [0.1, 0.15) is 0 Å². The Kier molecular flexibility index (Phi) is 4.99. The maximum atomic E-state index is 11.8. The summed E-state index contributed by atoms with van der Waals surface area (Å²) >= 11 is 0. The Bertz CT molecular complexity index is 345. The molecule has 0 aromatic carbocycles. The van der Waals surface area contributed by atoms with E-state index in [1.54, 1.807) is 0 Å². The van der Waals surface area contributed by atoms with Gasteiger partial charge in [0.2, 0.25) is 11.8 Å². The van der Waals surface area contributed by atoms with Crippen molar-refractivity contribution in [3.8, 4) is 0 Å². The number of carbonyl (C=O) groups is 2. The topological polar surface area (TPSA) is 58.2 Å². The smallest absolute Gasteiger partial charge is 0.225 e. The van der Waals surface area contributed by atoms with Gasteiger partial charge in [-0.25, -0.2) is 0 Å². The van der Waals surface area contributed by atoms with Crippen LogP contribution < -0.4 is 10.6 Å². The van der Waals surface area contributed by atoms with Gasteiger partial charge in [-0.3, -0.25) is 9.59 Å². The van der Waals surface area contributed by atoms with Crippen LogP contribution in [0, 0.1) is 17.3 Å². The van der Waals surface area contributed by atoms with Gasteiger partial charge in [-0.15, -0.1) is 0 Å². The normalized spacial score (nSPS) is 23.9. The average molecular weight is 268 g/mol. The van der Waals surface area contributed by atoms with E-state index >= 15 is 0 Å². The molecule has 1 rings (SSSR count). The molecule has 0 aromatic heterocycles. The third kappa shape index (κ3) is 5.21. The van der Waals surface area contributed by atoms with Crippen LogP contribution in [0.15, 0.2) is 0 Å². The number of nitrogens with one attached hydrogen (secondary N) is 2. The standard InChI is InChI=1S/C15H28N2O2/c1-9(2)16-13(18)12-8-11(12)7-10(3)17-14(19)15(4,5)6/h9-12H,7-8H2,1-6H3,(H,16,18)(H,17,19)/t10-,11?,12?/m1/s1. The summed E-state index contributed by atoms with van der Waals surface area (Å²) in [5.41, 5.74) is -0.355. The highest BCUT2D eigenvalue weighted by Crippen LogP contribution is 2.42. The summed E-state index contributed by atoms with van der Waals surface area (Å²) in [5, 5.41) is 5.97. The zero-order valence-corrected chi connectivity index (χ0v) is 13.0. The van der Waals surface area contributed by atoms with Crippen LogP contribution in [0.4, 0.5) is 0 Å². The second-order valence-electron chi connectivity index (χ2n) is 7.13. The van der Waals surface area contributed by atoms with E-state index in [-0.39, 0.29) is 35.2 Å². The van der Waals surface area contributed by atoms with Gasteiger partial charge in [-0.1, -0.05) is 20.8 Å². The van der Waals surface area contributed by atoms with Crippen molar-refractivity contribution < 1.29 is 9.59 Å². The van der Waals surface area contributed by atoms with Crippen molar-refractivity contribution in [2.24, 2.45) is 17.3 Å². The first-order valence-electron chi connectivity index (χ1n) is 7.22. The molecule has 0 saturated heterocycles. The summed E-state index contributed by atoms with van der Waals surface area (Å²) in [5.74, 6) is 0.809. The lowest BCUT2D eigenvalue weighted by Gasteiger charge is -2.22. The van der Waals surface area contributed by atoms with Crippen LogP contribution in [0.1, 0.15) is 54.4 Å². The van der Waals surface area contributed by atoms with E-state index in [2.05, 4.69) is 10.6 Å². The van der Waals surface area contributed by atoms with Crippen molar-refractivity contribution >= 4 is 11.8 Å². The van der Waals surface area contributed by atoms with Crippen LogP contribution in [-0.2, 0) is 9.59 Å². The highest BCUT2D eigenvalue weighted by atomic mass is 16.2. The van der Waals surface area contributed by atoms with Crippen molar-refractivity contribution in [1.82, 2.24) is 10.6 Å². The van der Waals surface area contributed by atoms with Gasteiger partial charge in [0.05, 0.1) is 0 Å². The molecule has 0 aromatic rings. The molecule has 1 aliphatic rings. The Morgan fingerprint density at radius 2 is 1.74 bits per heavy atom. The first kappa shape index (κ1) is 16.0. The summed E-state index contributed by atoms with van der Waals surface area (Å²) in [4.78, 5) is 23.6. The van der Waals surface area contributed by atoms with Gasteiger partial charge >= 0.3 is 0 Å². The first-order chi connectivity index (χ1) is 8.61. The lowest BCUT2D eigenvalue weighted by atomic mass is 9.95. The van der Waals surface area contributed by atoms with Gasteiger partial charge in [0.15, 0.2) is 0 Å². The maximum absolute atomic E-state index is 11.8. The van der Waals surface area contributed by atoms with Gasteiger partial charge < -0.3 is 10.6 Å². The van der Waals surface area contributed by atoms with Gasteiger partial charge in [-0.05, 0) is 39.5 Å². The Morgan fingerprint density at radius 3 is 2.21 bits per heavy atom. The third-order valence-corrected chi connectivity index (χ3v) is 3.41. The molecular weight excluding hydrogens is 240 g/mol. The molecule has 1 saturated carbocycles. The third-order valence-electron chi connectivity index (χ3n) is 3.41. The van der Waals surface area contributed by atoms with E-state index < -0.39 is 0 Å². The number of carbonyl (C=O) groups excluding carboxylic acids is 2. The van der Waals surface area contributed by atoms with Crippen LogP contribution in [0.25, 0.3) is 0 Å². The molecule has 4 heteroatoms. The van der Waals surface area contributed by atoms with Gasteiger partial charge in [-0.2, -0.15) is 0 Å². The minimum atomic E-state index is -0.355. The van der Waals surface area contributed by atoms with Crippen LogP contribution in [0.5, 0.6) is 0 Å². The molecule has 2 N–H and O–H groups in total. The largest absolute Gasteiger partial charge is 0.354 e. The molecule has 2 amide bonds. The van der Waals surface area contributed by atoms with E-state index in [4.69, 9.17) is 0 Å². The van der Waals surface area contributed by atoms with Crippen LogP contribution >= 0.6 is 0 Å². The second kappa shape index (κ2) is 5.93. The van der Waals surface area contributed by atoms with Crippen LogP contribution in [0.3, 0.4) is 0 Å². The number of amides is 2. The zero-order valence-electron chi connectivity index (χ0n) is 13.0. The molecule has 0 radical (unpaired) electrons. The van der Waals surface area contributed by atoms with E-state index in [1.807, 2.05) is 41.5 Å². The summed E-state index contributed by atoms with van der Waals surface area (Å²) in [6.07, 6.45) is 1.84. The summed E-state index contributed by atoms with van der Waals surface area (Å²) in [6, 6.07) is 0.334. The quantitative estimate of drug-likeness (QED) is 0.802. The lowest BCUT2D eigenvalue weighted by molar-refractivity contribution is -0.129. The van der Waals surface area contributed by atoms with Crippen LogP contribution in [0.2, 0.25) is 0 Å². The monoisotopic (exact) mass is 268 g/mol. The van der Waals surface area contributed by atoms with E-state index in [0.717, 1.165) is 12.8 Å². The second-order valence-corrected chi connectivity index (χ2v) is 7.13. The Morgan fingerprint density at radius 1 is 1.16 bits per heavy atom. The first-order valence-corrected chi connectivity index (χ1v) is 7.22. The number of hydrogen-bond donors (Lipinski definition) is 2. The number of hydrogen-bond acceptors (Lipinski definition) is 2. The van der Waals surface area contributed by atoms with Gasteiger partial charge in [0, 0.05) is 23.4 Å². The summed E-state index contributed by atoms with van der Waals surface area (Å²) in [6.45, 7) is 11.7. The fraction of sp³-hybridized carbons (Fsp3) is 0.867. The molecular formula is C15H28N2O2. The molecule has 0 bridgehead atoms. The number of rotatable bonds is 5. The van der Waals surface area contributed by atoms with Crippen LogP contribution in [-0.4, -0.2) is 23.9 Å². The molecule has 0 spiro atoms. The van der Waals surface area contributed by atoms with Crippen molar-refractivity contribution in [3.63, 3.8) is 0 Å². The summed E-state index contributed by atoms with van der Waals surface area (Å²) in [7, 11) is 0. The van der Waals surface area contributed by atoms with Crippen molar-refractivity contribution in [1.29, 1.82) is 0 Å². The minimum absolute atomic E-state index is 0.0730. The summed E-state index contributed by atoms with van der Waals surface area (Å²) < 4.78 is 0. The maximum Gasteiger partial charge on any atom is 0.225 e. The van der Waals surface area contributed by atoms with Crippen molar-refractivity contribution in [2.75, 3.05) is 0 Å². The van der Waals surface area contributed by atoms with E-state index in [9.17, 15) is 9.59 Å². The van der Waals surface area contributed by atoms with Crippen molar-refractivity contribution in [2.45, 2.75) is 66.5 Å². The average Bonchev–Trinajstić information content (AvgIpc) is 2.94. The molecule has 1 fully saturated rings. The molecule has 19 heavy (non-hydrogen) atoms. The molecule has 0 aliphatic heterocycles. The molecule has 2 unspecified atom stereocenters. The Balaban J connectivity index is 2.31. The Labute approximate surface area is 116 Å². The van der Waals surface area contributed by atoms with E-state index in [0.29, 0.717) is 5.92 Å². The SMILES string of the molecule is CC(C)NC(=O)C1CC1C[C@@H](C)NC(=O)C(C)(C)C. The van der Waals surface area contributed by atoms with Crippen molar-refractivity contribution in [3.05, 3.63) is 0 Å². The predicted molar refractivity (Wildman–Crippen MR) is 76.6 cm³/mol. The molecule has 110 valence electrons. The lowest BCUT2D eigenvalue weighted by Crippen LogP contribution is -2.40. The fourth-order valence-corrected chi connectivity index (χ4v) is 2.17. The molecule has 1 aliphatic carbocycles. The van der Waals surface area contributed by atoms with E-state index in [1.165, 1.54) is 0 Å². The zero-order chi connectivity index (χ0) is 14.8. The minimum Gasteiger partial charge on any atom is -0.354 e. The molecule has 3 atom stereocenters. The molecule has 0 heterocycles. The highest BCUT2D eigenvalue weighted by Gasteiger charge is 2.43. The highest BCUT2D eigenvalue weighted by molar-refractivity contribution is 5.82.